The van der Waals surface area contributed by atoms with Gasteiger partial charge in [-0.15, -0.1) is 0 Å². The molecule has 0 aliphatic carbocycles. The van der Waals surface area contributed by atoms with Gasteiger partial charge in [-0.3, -0.25) is 4.70 Å². The van der Waals surface area contributed by atoms with E-state index in [1.807, 2.05) is 6.92 Å². The van der Waals surface area contributed by atoms with Crippen molar-refractivity contribution in [3.63, 3.8) is 0 Å². The molecule has 0 aromatic rings. The van der Waals surface area contributed by atoms with Gasteiger partial charge in [0, 0.05) is 5.75 Å². The Labute approximate surface area is 116 Å². The second-order valence-corrected chi connectivity index (χ2v) is 3.85. The van der Waals surface area contributed by atoms with Crippen LogP contribution in [-0.2, 0) is 10.1 Å². The molecule has 0 spiro atoms. The van der Waals surface area contributed by atoms with Crippen LogP contribution in [0.2, 0.25) is 0 Å². The smallest absolute Gasteiger partial charge is 0.748 e. The topological polar surface area (TPSA) is 57.2 Å². The molecule has 0 unspecified atom stereocenters. The van der Waals surface area contributed by atoms with Crippen LogP contribution in [0.3, 0.4) is 0 Å². The van der Waals surface area contributed by atoms with Crippen LogP contribution < -0.4 is 51.4 Å². The summed E-state index contributed by atoms with van der Waals surface area (Å²) in [6, 6.07) is 0. The van der Waals surface area contributed by atoms with E-state index in [2.05, 4.69) is 0 Å². The first-order valence-corrected chi connectivity index (χ1v) is 5.07. The molecule has 0 N–H and O–H groups in total. The third-order valence-electron chi connectivity index (χ3n) is 1.25. The Morgan fingerprint density at radius 2 is 1.67 bits per heavy atom. The average Bonchev–Trinajstić information content (AvgIpc) is 1.78. The zero-order chi connectivity index (χ0) is 8.04. The van der Waals surface area contributed by atoms with Gasteiger partial charge < -0.3 is 4.55 Å². The first-order chi connectivity index (χ1) is 4.56. The van der Waals surface area contributed by atoms with Gasteiger partial charge in [-0.2, -0.15) is 0 Å². The molecular formula is C6H14FKO3S. The van der Waals surface area contributed by atoms with Crippen LogP contribution in [0.25, 0.3) is 0 Å². The van der Waals surface area contributed by atoms with Crippen LogP contribution in [0, 0.1) is 0 Å². The number of hydrogen-bond donors (Lipinski definition) is 0. The molecule has 0 atom stereocenters. The number of hydrogen-bond acceptors (Lipinski definition) is 3. The summed E-state index contributed by atoms with van der Waals surface area (Å²) in [6.07, 6.45) is 3.42. The van der Waals surface area contributed by atoms with E-state index in [9.17, 15) is 13.0 Å². The largest absolute Gasteiger partial charge is 1.00 e. The third kappa shape index (κ3) is 17.5. The SMILES string of the molecule is CCCCCCS(=O)(=O)[O-].F.[K+]. The van der Waals surface area contributed by atoms with E-state index in [-0.39, 0.29) is 61.8 Å². The van der Waals surface area contributed by atoms with Crippen molar-refractivity contribution >= 4 is 10.1 Å². The Bertz CT molecular complexity index is 170. The molecule has 0 aliphatic heterocycles. The molecule has 3 nitrogen and oxygen atoms in total. The maximum absolute atomic E-state index is 10.0. The van der Waals surface area contributed by atoms with Crippen molar-refractivity contribution in [3.05, 3.63) is 0 Å². The molecule has 0 bridgehead atoms. The van der Waals surface area contributed by atoms with Crippen molar-refractivity contribution < 1.29 is 69.1 Å². The van der Waals surface area contributed by atoms with E-state index in [4.69, 9.17) is 0 Å². The predicted octanol–water partition coefficient (Wildman–Crippen LogP) is -1.73. The molecule has 0 aliphatic rings. The van der Waals surface area contributed by atoms with Gasteiger partial charge in [0.15, 0.2) is 0 Å². The van der Waals surface area contributed by atoms with E-state index >= 15 is 0 Å². The van der Waals surface area contributed by atoms with Crippen molar-refractivity contribution in [1.82, 2.24) is 0 Å². The summed E-state index contributed by atoms with van der Waals surface area (Å²) in [7, 11) is -3.95. The van der Waals surface area contributed by atoms with E-state index in [0.29, 0.717) is 6.42 Å². The van der Waals surface area contributed by atoms with Crippen molar-refractivity contribution in [3.8, 4) is 0 Å². The second kappa shape index (κ2) is 10.6. The maximum atomic E-state index is 10.0. The molecule has 12 heavy (non-hydrogen) atoms. The first kappa shape index (κ1) is 19.1. The van der Waals surface area contributed by atoms with Crippen molar-refractivity contribution in [2.45, 2.75) is 32.6 Å². The molecule has 0 rings (SSSR count). The molecule has 0 radical (unpaired) electrons. The van der Waals surface area contributed by atoms with Gasteiger partial charge in [0.05, 0.1) is 10.1 Å². The van der Waals surface area contributed by atoms with Crippen LogP contribution in [0.15, 0.2) is 0 Å². The summed E-state index contributed by atoms with van der Waals surface area (Å²) in [5, 5.41) is 0. The zero-order valence-electron chi connectivity index (χ0n) is 7.58. The molecule has 0 fully saturated rings. The molecule has 0 aromatic heterocycles. The fraction of sp³-hybridized carbons (Fsp3) is 1.00. The van der Waals surface area contributed by atoms with Gasteiger partial charge in [-0.05, 0) is 6.42 Å². The van der Waals surface area contributed by atoms with Crippen LogP contribution in [-0.4, -0.2) is 18.7 Å². The van der Waals surface area contributed by atoms with E-state index < -0.39 is 10.1 Å². The number of unbranched alkanes of at least 4 members (excludes halogenated alkanes) is 3. The minimum absolute atomic E-state index is 0. The first-order valence-electron chi connectivity index (χ1n) is 3.50. The Kier molecular flexibility index (Phi) is 16.8. The molecule has 0 heterocycles. The third-order valence-corrected chi connectivity index (χ3v) is 2.04. The number of rotatable bonds is 5. The Hall–Kier alpha value is 1.48. The Morgan fingerprint density at radius 3 is 2.00 bits per heavy atom. The van der Waals surface area contributed by atoms with Crippen LogP contribution >= 0.6 is 0 Å². The summed E-state index contributed by atoms with van der Waals surface area (Å²) >= 11 is 0. The molecule has 0 saturated heterocycles. The summed E-state index contributed by atoms with van der Waals surface area (Å²) in [5.74, 6) is -0.201. The standard InChI is InChI=1S/C6H14O3S.FH.K/c1-2-3-4-5-6-10(7,8)9;;/h2-6H2,1H3,(H,7,8,9);1H;/q;;+1/p-1. The van der Waals surface area contributed by atoms with E-state index in [1.165, 1.54) is 0 Å². The van der Waals surface area contributed by atoms with Crippen LogP contribution in [0.5, 0.6) is 0 Å². The fourth-order valence-corrected chi connectivity index (χ4v) is 1.26. The molecule has 6 heteroatoms. The summed E-state index contributed by atoms with van der Waals surface area (Å²) in [6.45, 7) is 2.03. The zero-order valence-corrected chi connectivity index (χ0v) is 11.5. The van der Waals surface area contributed by atoms with E-state index in [1.54, 1.807) is 0 Å². The Balaban J connectivity index is -0.000000405. The van der Waals surface area contributed by atoms with Crippen molar-refractivity contribution in [2.24, 2.45) is 0 Å². The molecule has 70 valence electrons. The summed E-state index contributed by atoms with van der Waals surface area (Å²) < 4.78 is 30.1. The van der Waals surface area contributed by atoms with Crippen molar-refractivity contribution in [1.29, 1.82) is 0 Å². The van der Waals surface area contributed by atoms with Crippen LogP contribution in [0.4, 0.5) is 4.70 Å². The second-order valence-electron chi connectivity index (χ2n) is 2.32. The number of halogens is 1. The predicted molar refractivity (Wildman–Crippen MR) is 41.2 cm³/mol. The quantitative estimate of drug-likeness (QED) is 0.317. The van der Waals surface area contributed by atoms with Crippen molar-refractivity contribution in [2.75, 3.05) is 5.75 Å². The van der Waals surface area contributed by atoms with Gasteiger partial charge >= 0.3 is 51.4 Å². The minimum atomic E-state index is -3.95. The summed E-state index contributed by atoms with van der Waals surface area (Å²) in [4.78, 5) is 0. The van der Waals surface area contributed by atoms with Gasteiger partial charge in [0.2, 0.25) is 0 Å². The van der Waals surface area contributed by atoms with Gasteiger partial charge in [0.25, 0.3) is 0 Å². The fourth-order valence-electron chi connectivity index (χ4n) is 0.706. The van der Waals surface area contributed by atoms with E-state index in [0.717, 1.165) is 19.3 Å². The Morgan fingerprint density at radius 1 is 1.17 bits per heavy atom. The van der Waals surface area contributed by atoms with Gasteiger partial charge in [0.1, 0.15) is 0 Å². The molecular weight excluding hydrogens is 210 g/mol. The average molecular weight is 224 g/mol. The normalized spacial score (nSPS) is 9.83. The molecule has 0 amide bonds. The minimum Gasteiger partial charge on any atom is -0.748 e. The van der Waals surface area contributed by atoms with Gasteiger partial charge in [-0.1, -0.05) is 26.2 Å². The summed E-state index contributed by atoms with van der Waals surface area (Å²) in [5.41, 5.74) is 0. The molecule has 0 aromatic carbocycles. The monoisotopic (exact) mass is 224 g/mol. The van der Waals surface area contributed by atoms with Gasteiger partial charge in [-0.25, -0.2) is 8.42 Å². The van der Waals surface area contributed by atoms with Crippen LogP contribution in [0.1, 0.15) is 32.6 Å². The molecule has 0 saturated carbocycles. The maximum Gasteiger partial charge on any atom is 1.00 e.